The number of amides is 1. The zero-order chi connectivity index (χ0) is 14.8. The molecule has 2 rings (SSSR count). The van der Waals surface area contributed by atoms with Crippen molar-refractivity contribution in [3.8, 4) is 5.75 Å². The van der Waals surface area contributed by atoms with Crippen molar-refractivity contribution in [2.24, 2.45) is 0 Å². The largest absolute Gasteiger partial charge is 0.484 e. The van der Waals surface area contributed by atoms with Crippen molar-refractivity contribution in [2.45, 2.75) is 18.9 Å². The fourth-order valence-electron chi connectivity index (χ4n) is 2.19. The predicted octanol–water partition coefficient (Wildman–Crippen LogP) is 1.41. The lowest BCUT2D eigenvalue weighted by Gasteiger charge is -2.23. The summed E-state index contributed by atoms with van der Waals surface area (Å²) in [7, 11) is -3.05. The molecule has 1 heterocycles. The maximum Gasteiger partial charge on any atom is 0.258 e. The molecule has 110 valence electrons. The van der Waals surface area contributed by atoms with Gasteiger partial charge in [-0.2, -0.15) is 0 Å². The van der Waals surface area contributed by atoms with E-state index in [4.69, 9.17) is 16.3 Å². The van der Waals surface area contributed by atoms with Crippen molar-refractivity contribution in [1.82, 2.24) is 5.32 Å². The Kier molecular flexibility index (Phi) is 4.25. The number of hydrogen-bond donors (Lipinski definition) is 1. The Morgan fingerprint density at radius 2 is 2.25 bits per heavy atom. The topological polar surface area (TPSA) is 72.5 Å². The highest BCUT2D eigenvalue weighted by Crippen LogP contribution is 2.22. The Balaban J connectivity index is 1.87. The van der Waals surface area contributed by atoms with Crippen LogP contribution in [-0.4, -0.2) is 38.0 Å². The van der Waals surface area contributed by atoms with Crippen molar-refractivity contribution in [2.75, 3.05) is 18.1 Å². The molecule has 1 N–H and O–H groups in total. The van der Waals surface area contributed by atoms with Crippen molar-refractivity contribution in [3.05, 3.63) is 29.3 Å². The number of ether oxygens (including phenoxy) is 1. The first-order chi connectivity index (χ1) is 9.28. The molecule has 0 spiro atoms. The highest BCUT2D eigenvalue weighted by Gasteiger charge is 2.39. The Hall–Kier alpha value is -1.27. The van der Waals surface area contributed by atoms with E-state index in [1.54, 1.807) is 31.2 Å². The normalized spacial score (nSPS) is 24.3. The third kappa shape index (κ3) is 4.11. The van der Waals surface area contributed by atoms with Crippen molar-refractivity contribution in [3.63, 3.8) is 0 Å². The lowest BCUT2D eigenvalue weighted by atomic mass is 10.0. The first-order valence-electron chi connectivity index (χ1n) is 6.18. The highest BCUT2D eigenvalue weighted by molar-refractivity contribution is 7.91. The summed E-state index contributed by atoms with van der Waals surface area (Å²) in [4.78, 5) is 11.8. The number of hydrogen-bond acceptors (Lipinski definition) is 4. The first-order valence-corrected chi connectivity index (χ1v) is 8.38. The van der Waals surface area contributed by atoms with E-state index in [0.717, 1.165) is 0 Å². The van der Waals surface area contributed by atoms with E-state index in [1.165, 1.54) is 0 Å². The lowest BCUT2D eigenvalue weighted by Crippen LogP contribution is -2.48. The number of carbonyl (C=O) groups excluding carboxylic acids is 1. The summed E-state index contributed by atoms with van der Waals surface area (Å²) in [5.41, 5.74) is -0.701. The molecule has 0 aliphatic carbocycles. The van der Waals surface area contributed by atoms with Crippen LogP contribution in [0.25, 0.3) is 0 Å². The van der Waals surface area contributed by atoms with E-state index in [2.05, 4.69) is 5.32 Å². The minimum atomic E-state index is -3.05. The third-order valence-electron chi connectivity index (χ3n) is 3.11. The Bertz CT molecular complexity index is 617. The summed E-state index contributed by atoms with van der Waals surface area (Å²) in [6.07, 6.45) is 0.429. The summed E-state index contributed by atoms with van der Waals surface area (Å²) in [5.74, 6) is 0.239. The van der Waals surface area contributed by atoms with Gasteiger partial charge in [-0.3, -0.25) is 4.79 Å². The first kappa shape index (κ1) is 15.1. The molecule has 1 aliphatic heterocycles. The van der Waals surface area contributed by atoms with Crippen molar-refractivity contribution in [1.29, 1.82) is 0 Å². The molecule has 7 heteroatoms. The molecule has 1 aromatic rings. The Morgan fingerprint density at radius 1 is 1.50 bits per heavy atom. The van der Waals surface area contributed by atoms with Crippen LogP contribution in [0.1, 0.15) is 13.3 Å². The van der Waals surface area contributed by atoms with Crippen LogP contribution in [0.3, 0.4) is 0 Å². The van der Waals surface area contributed by atoms with Gasteiger partial charge in [-0.25, -0.2) is 8.42 Å². The standard InChI is InChI=1S/C13H16ClNO4S/c1-13(5-6-20(17,18)9-13)15-12(16)8-19-11-4-2-3-10(14)7-11/h2-4,7H,5-6,8-9H2,1H3,(H,15,16). The quantitative estimate of drug-likeness (QED) is 0.911. The SMILES string of the molecule is CC1(NC(=O)COc2cccc(Cl)c2)CCS(=O)(=O)C1. The van der Waals surface area contributed by atoms with E-state index in [-0.39, 0.29) is 24.0 Å². The maximum atomic E-state index is 11.8. The van der Waals surface area contributed by atoms with Crippen molar-refractivity contribution < 1.29 is 17.9 Å². The second-order valence-electron chi connectivity index (χ2n) is 5.20. The number of nitrogens with one attached hydrogen (secondary N) is 1. The van der Waals surface area contributed by atoms with Gasteiger partial charge in [0.2, 0.25) is 0 Å². The van der Waals surface area contributed by atoms with Crippen LogP contribution in [0.15, 0.2) is 24.3 Å². The van der Waals surface area contributed by atoms with Gasteiger partial charge in [0, 0.05) is 5.02 Å². The molecule has 1 atom stereocenters. The van der Waals surface area contributed by atoms with Crippen LogP contribution in [0.4, 0.5) is 0 Å². The fraction of sp³-hybridized carbons (Fsp3) is 0.462. The summed E-state index contributed by atoms with van der Waals surface area (Å²) in [5, 5.41) is 3.24. The Labute approximate surface area is 123 Å². The van der Waals surface area contributed by atoms with Gasteiger partial charge in [0.25, 0.3) is 5.91 Å². The summed E-state index contributed by atoms with van der Waals surface area (Å²) < 4.78 is 28.2. The van der Waals surface area contributed by atoms with Crippen LogP contribution in [0.5, 0.6) is 5.75 Å². The van der Waals surface area contributed by atoms with E-state index < -0.39 is 15.4 Å². The Morgan fingerprint density at radius 3 is 2.85 bits per heavy atom. The molecular formula is C13H16ClNO4S. The predicted molar refractivity (Wildman–Crippen MR) is 76.8 cm³/mol. The molecule has 1 aliphatic rings. The molecule has 0 aromatic heterocycles. The summed E-state index contributed by atoms with van der Waals surface area (Å²) in [6, 6.07) is 6.73. The van der Waals surface area contributed by atoms with Crippen LogP contribution >= 0.6 is 11.6 Å². The zero-order valence-corrected chi connectivity index (χ0v) is 12.6. The molecular weight excluding hydrogens is 302 g/mol. The van der Waals surface area contributed by atoms with Gasteiger partial charge in [-0.15, -0.1) is 0 Å². The number of sulfone groups is 1. The molecule has 1 aromatic carbocycles. The van der Waals surface area contributed by atoms with Gasteiger partial charge in [-0.05, 0) is 31.5 Å². The summed E-state index contributed by atoms with van der Waals surface area (Å²) >= 11 is 5.80. The maximum absolute atomic E-state index is 11.8. The minimum Gasteiger partial charge on any atom is -0.484 e. The van der Waals surface area contributed by atoms with E-state index in [9.17, 15) is 13.2 Å². The van der Waals surface area contributed by atoms with Gasteiger partial charge in [0.05, 0.1) is 17.0 Å². The molecule has 0 bridgehead atoms. The van der Waals surface area contributed by atoms with Gasteiger partial charge in [0.1, 0.15) is 5.75 Å². The van der Waals surface area contributed by atoms with Crippen LogP contribution in [-0.2, 0) is 14.6 Å². The molecule has 5 nitrogen and oxygen atoms in total. The molecule has 1 fully saturated rings. The van der Waals surface area contributed by atoms with E-state index >= 15 is 0 Å². The van der Waals surface area contributed by atoms with Gasteiger partial charge in [0.15, 0.2) is 16.4 Å². The molecule has 1 saturated heterocycles. The highest BCUT2D eigenvalue weighted by atomic mass is 35.5. The lowest BCUT2D eigenvalue weighted by molar-refractivity contribution is -0.124. The number of rotatable bonds is 4. The zero-order valence-electron chi connectivity index (χ0n) is 11.1. The fourth-order valence-corrected chi connectivity index (χ4v) is 4.46. The molecule has 0 saturated carbocycles. The van der Waals surface area contributed by atoms with E-state index in [1.807, 2.05) is 0 Å². The number of benzene rings is 1. The van der Waals surface area contributed by atoms with Gasteiger partial charge in [-0.1, -0.05) is 17.7 Å². The minimum absolute atomic E-state index is 0.0249. The van der Waals surface area contributed by atoms with Gasteiger partial charge < -0.3 is 10.1 Å². The van der Waals surface area contributed by atoms with Crippen LogP contribution < -0.4 is 10.1 Å². The number of carbonyl (C=O) groups is 1. The monoisotopic (exact) mass is 317 g/mol. The smallest absolute Gasteiger partial charge is 0.258 e. The number of halogens is 1. The summed E-state index contributed by atoms with van der Waals surface area (Å²) in [6.45, 7) is 1.56. The third-order valence-corrected chi connectivity index (χ3v) is 5.25. The second-order valence-corrected chi connectivity index (χ2v) is 7.82. The van der Waals surface area contributed by atoms with Gasteiger partial charge >= 0.3 is 0 Å². The van der Waals surface area contributed by atoms with E-state index in [0.29, 0.717) is 17.2 Å². The van der Waals surface area contributed by atoms with Crippen LogP contribution in [0.2, 0.25) is 5.02 Å². The van der Waals surface area contributed by atoms with Crippen molar-refractivity contribution >= 4 is 27.3 Å². The van der Waals surface area contributed by atoms with Crippen LogP contribution in [0, 0.1) is 0 Å². The molecule has 0 radical (unpaired) electrons. The average molecular weight is 318 g/mol. The molecule has 1 unspecified atom stereocenters. The second kappa shape index (κ2) is 5.61. The molecule has 1 amide bonds. The average Bonchev–Trinajstić information content (AvgIpc) is 2.61. The molecule has 20 heavy (non-hydrogen) atoms.